The molecule has 3 heteroatoms. The van der Waals surface area contributed by atoms with Crippen LogP contribution in [-0.2, 0) is 4.74 Å². The average Bonchev–Trinajstić information content (AvgIpc) is 2.52. The lowest BCUT2D eigenvalue weighted by Gasteiger charge is -2.28. The second-order valence-corrected chi connectivity index (χ2v) is 5.50. The van der Waals surface area contributed by atoms with E-state index in [-0.39, 0.29) is 0 Å². The fourth-order valence-electron chi connectivity index (χ4n) is 2.75. The number of benzene rings is 1. The van der Waals surface area contributed by atoms with E-state index >= 15 is 0 Å². The molecular weight excluding hydrogens is 250 g/mol. The Morgan fingerprint density at radius 1 is 1.30 bits per heavy atom. The van der Waals surface area contributed by atoms with Crippen molar-refractivity contribution < 1.29 is 9.47 Å². The fraction of sp³-hybridized carbons (Fsp3) is 0.647. The van der Waals surface area contributed by atoms with Gasteiger partial charge in [0.2, 0.25) is 0 Å². The second kappa shape index (κ2) is 8.28. The van der Waals surface area contributed by atoms with Crippen molar-refractivity contribution in [3.63, 3.8) is 0 Å². The van der Waals surface area contributed by atoms with Crippen molar-refractivity contribution in [3.8, 4) is 5.75 Å². The van der Waals surface area contributed by atoms with Gasteiger partial charge >= 0.3 is 0 Å². The summed E-state index contributed by atoms with van der Waals surface area (Å²) in [6.07, 6.45) is 6.32. The molecule has 1 N–H and O–H groups in total. The minimum atomic E-state index is 0.379. The maximum Gasteiger partial charge on any atom is 0.118 e. The Morgan fingerprint density at radius 2 is 2.10 bits per heavy atom. The zero-order chi connectivity index (χ0) is 14.2. The first-order valence-corrected chi connectivity index (χ1v) is 7.82. The smallest absolute Gasteiger partial charge is 0.118 e. The van der Waals surface area contributed by atoms with Crippen LogP contribution in [0.25, 0.3) is 0 Å². The third kappa shape index (κ3) is 4.50. The molecule has 1 saturated heterocycles. The first-order valence-electron chi connectivity index (χ1n) is 7.82. The van der Waals surface area contributed by atoms with E-state index in [9.17, 15) is 0 Å². The van der Waals surface area contributed by atoms with Crippen LogP contribution >= 0.6 is 0 Å². The zero-order valence-corrected chi connectivity index (χ0v) is 12.7. The molecule has 1 aliphatic rings. The molecule has 0 amide bonds. The first kappa shape index (κ1) is 15.3. The van der Waals surface area contributed by atoms with Crippen LogP contribution in [0.4, 0.5) is 0 Å². The maximum atomic E-state index is 5.89. The molecule has 112 valence electrons. The molecule has 1 aliphatic heterocycles. The van der Waals surface area contributed by atoms with Crippen LogP contribution in [0, 0.1) is 0 Å². The molecule has 0 saturated carbocycles. The van der Waals surface area contributed by atoms with Gasteiger partial charge in [-0.25, -0.2) is 0 Å². The Kier molecular flexibility index (Phi) is 6.34. The monoisotopic (exact) mass is 277 g/mol. The zero-order valence-electron chi connectivity index (χ0n) is 12.7. The fourth-order valence-corrected chi connectivity index (χ4v) is 2.75. The molecule has 0 aromatic heterocycles. The van der Waals surface area contributed by atoms with Crippen LogP contribution in [0.15, 0.2) is 24.3 Å². The average molecular weight is 277 g/mol. The molecular formula is C17H27NO2. The topological polar surface area (TPSA) is 30.5 Å². The quantitative estimate of drug-likeness (QED) is 0.824. The number of hydrogen-bond acceptors (Lipinski definition) is 3. The van der Waals surface area contributed by atoms with E-state index in [0.29, 0.717) is 12.1 Å². The predicted octanol–water partition coefficient (Wildman–Crippen LogP) is 3.70. The summed E-state index contributed by atoms with van der Waals surface area (Å²) < 4.78 is 11.1. The van der Waals surface area contributed by atoms with Gasteiger partial charge in [0.05, 0.1) is 13.2 Å². The van der Waals surface area contributed by atoms with Crippen LogP contribution in [0.5, 0.6) is 5.75 Å². The number of nitrogens with one attached hydrogen (secondary N) is 1. The lowest BCUT2D eigenvalue weighted by molar-refractivity contribution is 0.00505. The van der Waals surface area contributed by atoms with Crippen LogP contribution < -0.4 is 10.1 Å². The largest absolute Gasteiger partial charge is 0.497 e. The van der Waals surface area contributed by atoms with Gasteiger partial charge in [0.15, 0.2) is 0 Å². The third-order valence-electron chi connectivity index (χ3n) is 3.93. The third-order valence-corrected chi connectivity index (χ3v) is 3.93. The predicted molar refractivity (Wildman–Crippen MR) is 82.2 cm³/mol. The van der Waals surface area contributed by atoms with Gasteiger partial charge < -0.3 is 14.8 Å². The molecule has 2 atom stereocenters. The molecule has 0 spiro atoms. The standard InChI is InChI=1S/C17H27NO2/c1-3-11-18-17(13-16-6-4-5-12-20-16)14-7-9-15(19-2)10-8-14/h7-10,16-18H,3-6,11-13H2,1-2H3. The van der Waals surface area contributed by atoms with E-state index in [1.165, 1.54) is 24.8 Å². The molecule has 0 radical (unpaired) electrons. The van der Waals surface area contributed by atoms with Crippen LogP contribution in [0.3, 0.4) is 0 Å². The summed E-state index contributed by atoms with van der Waals surface area (Å²) in [5.74, 6) is 0.914. The van der Waals surface area contributed by atoms with Crippen LogP contribution in [-0.4, -0.2) is 26.4 Å². The summed E-state index contributed by atoms with van der Waals surface area (Å²) >= 11 is 0. The summed E-state index contributed by atoms with van der Waals surface area (Å²) in [5, 5.41) is 3.65. The van der Waals surface area contributed by atoms with Gasteiger partial charge in [-0.3, -0.25) is 0 Å². The normalized spacial score (nSPS) is 20.6. The molecule has 2 unspecified atom stereocenters. The summed E-state index contributed by atoms with van der Waals surface area (Å²) in [4.78, 5) is 0. The van der Waals surface area contributed by atoms with Gasteiger partial charge in [-0.15, -0.1) is 0 Å². The van der Waals surface area contributed by atoms with E-state index in [1.807, 2.05) is 12.1 Å². The van der Waals surface area contributed by atoms with E-state index in [1.54, 1.807) is 7.11 Å². The Morgan fingerprint density at radius 3 is 2.70 bits per heavy atom. The van der Waals surface area contributed by atoms with Gasteiger partial charge in [0.1, 0.15) is 5.75 Å². The van der Waals surface area contributed by atoms with Gasteiger partial charge in [-0.1, -0.05) is 19.1 Å². The van der Waals surface area contributed by atoms with Crippen molar-refractivity contribution in [2.45, 2.75) is 51.2 Å². The molecule has 20 heavy (non-hydrogen) atoms. The minimum absolute atomic E-state index is 0.379. The summed E-state index contributed by atoms with van der Waals surface area (Å²) in [7, 11) is 1.71. The highest BCUT2D eigenvalue weighted by molar-refractivity contribution is 5.29. The van der Waals surface area contributed by atoms with E-state index in [4.69, 9.17) is 9.47 Å². The Bertz CT molecular complexity index is 371. The number of ether oxygens (including phenoxy) is 2. The van der Waals surface area contributed by atoms with E-state index in [2.05, 4.69) is 24.4 Å². The van der Waals surface area contributed by atoms with Crippen molar-refractivity contribution in [1.82, 2.24) is 5.32 Å². The molecule has 1 heterocycles. The number of methoxy groups -OCH3 is 1. The SMILES string of the molecule is CCCNC(CC1CCCCO1)c1ccc(OC)cc1. The van der Waals surface area contributed by atoms with Crippen molar-refractivity contribution >= 4 is 0 Å². The van der Waals surface area contributed by atoms with Crippen molar-refractivity contribution in [1.29, 1.82) is 0 Å². The van der Waals surface area contributed by atoms with Gasteiger partial charge in [0, 0.05) is 12.6 Å². The van der Waals surface area contributed by atoms with Gasteiger partial charge in [-0.2, -0.15) is 0 Å². The number of hydrogen-bond donors (Lipinski definition) is 1. The van der Waals surface area contributed by atoms with Crippen LogP contribution in [0.1, 0.15) is 50.6 Å². The molecule has 1 fully saturated rings. The van der Waals surface area contributed by atoms with Crippen molar-refractivity contribution in [2.75, 3.05) is 20.3 Å². The maximum absolute atomic E-state index is 5.89. The van der Waals surface area contributed by atoms with Crippen LogP contribution in [0.2, 0.25) is 0 Å². The summed E-state index contributed by atoms with van der Waals surface area (Å²) in [6, 6.07) is 8.78. The highest BCUT2D eigenvalue weighted by Gasteiger charge is 2.20. The Labute approximate surface area is 122 Å². The molecule has 3 nitrogen and oxygen atoms in total. The van der Waals surface area contributed by atoms with E-state index in [0.717, 1.165) is 31.7 Å². The highest BCUT2D eigenvalue weighted by atomic mass is 16.5. The Balaban J connectivity index is 2.00. The highest BCUT2D eigenvalue weighted by Crippen LogP contribution is 2.26. The number of rotatable bonds is 7. The summed E-state index contributed by atoms with van der Waals surface area (Å²) in [6.45, 7) is 4.17. The second-order valence-electron chi connectivity index (χ2n) is 5.50. The van der Waals surface area contributed by atoms with E-state index < -0.39 is 0 Å². The summed E-state index contributed by atoms with van der Waals surface area (Å²) in [5.41, 5.74) is 1.33. The lowest BCUT2D eigenvalue weighted by Crippen LogP contribution is -2.29. The molecule has 2 rings (SSSR count). The molecule has 1 aromatic rings. The van der Waals surface area contributed by atoms with Gasteiger partial charge in [-0.05, 0) is 56.3 Å². The molecule has 1 aromatic carbocycles. The van der Waals surface area contributed by atoms with Gasteiger partial charge in [0.25, 0.3) is 0 Å². The van der Waals surface area contributed by atoms with Crippen molar-refractivity contribution in [3.05, 3.63) is 29.8 Å². The van der Waals surface area contributed by atoms with Crippen molar-refractivity contribution in [2.24, 2.45) is 0 Å². The lowest BCUT2D eigenvalue weighted by atomic mass is 9.96. The molecule has 0 aliphatic carbocycles. The first-order chi connectivity index (χ1) is 9.83. The Hall–Kier alpha value is -1.06. The molecule has 0 bridgehead atoms. The minimum Gasteiger partial charge on any atom is -0.497 e.